The summed E-state index contributed by atoms with van der Waals surface area (Å²) in [5, 5.41) is 2.69. The Labute approximate surface area is 61.3 Å². The highest BCUT2D eigenvalue weighted by atomic mass is 16.1. The molecule has 0 radical (unpaired) electrons. The fourth-order valence-electron chi connectivity index (χ4n) is 0.477. The second kappa shape index (κ2) is 6.29. The Morgan fingerprint density at radius 2 is 2.30 bits per heavy atom. The summed E-state index contributed by atoms with van der Waals surface area (Å²) in [4.78, 5) is 10.6. The van der Waals surface area contributed by atoms with Crippen LogP contribution in [-0.2, 0) is 4.79 Å². The molecule has 0 atom stereocenters. The van der Waals surface area contributed by atoms with Crippen molar-refractivity contribution in [1.29, 1.82) is 0 Å². The van der Waals surface area contributed by atoms with E-state index < -0.39 is 0 Å². The van der Waals surface area contributed by atoms with Crippen LogP contribution in [0.3, 0.4) is 0 Å². The van der Waals surface area contributed by atoms with E-state index in [4.69, 9.17) is 5.73 Å². The number of nitrogens with one attached hydrogen (secondary N) is 1. The third-order valence-corrected chi connectivity index (χ3v) is 1.04. The van der Waals surface area contributed by atoms with Crippen LogP contribution in [0.5, 0.6) is 0 Å². The third-order valence-electron chi connectivity index (χ3n) is 1.04. The van der Waals surface area contributed by atoms with Gasteiger partial charge in [-0.3, -0.25) is 4.79 Å². The Morgan fingerprint density at radius 3 is 2.80 bits per heavy atom. The minimum atomic E-state index is 0.0710. The topological polar surface area (TPSA) is 55.1 Å². The van der Waals surface area contributed by atoms with Crippen LogP contribution < -0.4 is 11.1 Å². The van der Waals surface area contributed by atoms with Gasteiger partial charge in [-0.05, 0) is 0 Å². The van der Waals surface area contributed by atoms with E-state index in [-0.39, 0.29) is 5.91 Å². The maximum absolute atomic E-state index is 10.6. The molecule has 10 heavy (non-hydrogen) atoms. The summed E-state index contributed by atoms with van der Waals surface area (Å²) in [7, 11) is 0. The van der Waals surface area contributed by atoms with E-state index >= 15 is 0 Å². The van der Waals surface area contributed by atoms with Crippen molar-refractivity contribution in [3.63, 3.8) is 0 Å². The quantitative estimate of drug-likeness (QED) is 0.544. The van der Waals surface area contributed by atoms with Gasteiger partial charge in [0.15, 0.2) is 0 Å². The summed E-state index contributed by atoms with van der Waals surface area (Å²) in [6.45, 7) is 2.94. The van der Waals surface area contributed by atoms with Crippen molar-refractivity contribution >= 4 is 5.91 Å². The average molecular weight is 142 g/mol. The van der Waals surface area contributed by atoms with Crippen LogP contribution in [0.2, 0.25) is 0 Å². The zero-order valence-electron chi connectivity index (χ0n) is 6.26. The first-order valence-corrected chi connectivity index (χ1v) is 3.43. The lowest BCUT2D eigenvalue weighted by Crippen LogP contribution is -2.21. The Kier molecular flexibility index (Phi) is 5.77. The van der Waals surface area contributed by atoms with Crippen molar-refractivity contribution in [2.24, 2.45) is 5.73 Å². The number of rotatable bonds is 4. The monoisotopic (exact) mass is 142 g/mol. The Balaban J connectivity index is 3.19. The molecule has 58 valence electrons. The van der Waals surface area contributed by atoms with E-state index in [0.29, 0.717) is 19.5 Å². The summed E-state index contributed by atoms with van der Waals surface area (Å²) in [5.41, 5.74) is 5.18. The van der Waals surface area contributed by atoms with Crippen LogP contribution in [0.1, 0.15) is 13.3 Å². The number of carbonyl (C=O) groups is 1. The van der Waals surface area contributed by atoms with Crippen molar-refractivity contribution < 1.29 is 4.79 Å². The molecular formula is C7H14N2O. The van der Waals surface area contributed by atoms with E-state index in [9.17, 15) is 4.79 Å². The molecule has 3 N–H and O–H groups in total. The normalized spacial score (nSPS) is 10.2. The lowest BCUT2D eigenvalue weighted by Gasteiger charge is -1.96. The van der Waals surface area contributed by atoms with Crippen molar-refractivity contribution in [1.82, 2.24) is 5.32 Å². The second-order valence-corrected chi connectivity index (χ2v) is 1.86. The number of hydrogen-bond acceptors (Lipinski definition) is 2. The van der Waals surface area contributed by atoms with Crippen LogP contribution in [-0.4, -0.2) is 19.0 Å². The van der Waals surface area contributed by atoms with Gasteiger partial charge >= 0.3 is 0 Å². The smallest absolute Gasteiger partial charge is 0.219 e. The van der Waals surface area contributed by atoms with Gasteiger partial charge in [0.2, 0.25) is 5.91 Å². The van der Waals surface area contributed by atoms with E-state index in [1.807, 2.05) is 19.1 Å². The lowest BCUT2D eigenvalue weighted by atomic mass is 10.4. The molecule has 0 saturated heterocycles. The highest BCUT2D eigenvalue weighted by Gasteiger charge is 1.90. The van der Waals surface area contributed by atoms with E-state index in [1.165, 1.54) is 0 Å². The molecule has 0 aliphatic carbocycles. The molecule has 0 rings (SSSR count). The molecule has 0 aromatic carbocycles. The summed E-state index contributed by atoms with van der Waals surface area (Å²) in [5.74, 6) is 0.0710. The molecule has 1 amide bonds. The summed E-state index contributed by atoms with van der Waals surface area (Å²) in [6, 6.07) is 0. The zero-order chi connectivity index (χ0) is 7.82. The minimum Gasteiger partial charge on any atom is -0.353 e. The number of nitrogens with two attached hydrogens (primary N) is 1. The van der Waals surface area contributed by atoms with Crippen LogP contribution in [0.25, 0.3) is 0 Å². The fraction of sp³-hybridized carbons (Fsp3) is 0.571. The van der Waals surface area contributed by atoms with Gasteiger partial charge in [-0.1, -0.05) is 19.1 Å². The molecule has 0 aliphatic heterocycles. The van der Waals surface area contributed by atoms with Gasteiger partial charge in [0.1, 0.15) is 0 Å². The minimum absolute atomic E-state index is 0.0710. The molecule has 0 aliphatic rings. The zero-order valence-corrected chi connectivity index (χ0v) is 6.26. The van der Waals surface area contributed by atoms with Crippen LogP contribution in [0.15, 0.2) is 12.2 Å². The van der Waals surface area contributed by atoms with E-state index in [1.54, 1.807) is 0 Å². The Bertz CT molecular complexity index is 121. The van der Waals surface area contributed by atoms with Gasteiger partial charge in [0.05, 0.1) is 0 Å². The largest absolute Gasteiger partial charge is 0.353 e. The highest BCUT2D eigenvalue weighted by Crippen LogP contribution is 1.74. The van der Waals surface area contributed by atoms with Crippen molar-refractivity contribution in [3.05, 3.63) is 12.2 Å². The molecule has 0 aromatic rings. The Hall–Kier alpha value is -0.830. The molecule has 0 spiro atoms. The summed E-state index contributed by atoms with van der Waals surface area (Å²) in [6.07, 6.45) is 4.19. The van der Waals surface area contributed by atoms with Gasteiger partial charge in [-0.25, -0.2) is 0 Å². The highest BCUT2D eigenvalue weighted by molar-refractivity contribution is 5.75. The molecule has 0 saturated carbocycles. The van der Waals surface area contributed by atoms with Crippen LogP contribution in [0.4, 0.5) is 0 Å². The Morgan fingerprint density at radius 1 is 1.60 bits per heavy atom. The van der Waals surface area contributed by atoms with Crippen molar-refractivity contribution in [2.75, 3.05) is 13.1 Å². The first kappa shape index (κ1) is 9.17. The molecular weight excluding hydrogens is 128 g/mol. The first-order chi connectivity index (χ1) is 4.81. The van der Waals surface area contributed by atoms with Gasteiger partial charge in [0.25, 0.3) is 0 Å². The first-order valence-electron chi connectivity index (χ1n) is 3.43. The number of amides is 1. The standard InChI is InChI=1S/C7H14N2O/c1-2-7(10)9-6-4-3-5-8/h3-4H,2,5-6,8H2,1H3,(H,9,10)/b4-3+. The van der Waals surface area contributed by atoms with Crippen molar-refractivity contribution in [3.8, 4) is 0 Å². The predicted octanol–water partition coefficient (Wildman–Crippen LogP) is 0.0275. The van der Waals surface area contributed by atoms with Gasteiger partial charge < -0.3 is 11.1 Å². The maximum atomic E-state index is 10.6. The van der Waals surface area contributed by atoms with E-state index in [0.717, 1.165) is 0 Å². The third kappa shape index (κ3) is 5.31. The van der Waals surface area contributed by atoms with Crippen LogP contribution in [0, 0.1) is 0 Å². The number of hydrogen-bond donors (Lipinski definition) is 2. The van der Waals surface area contributed by atoms with Gasteiger partial charge in [-0.15, -0.1) is 0 Å². The summed E-state index contributed by atoms with van der Waals surface area (Å²) < 4.78 is 0. The summed E-state index contributed by atoms with van der Waals surface area (Å²) >= 11 is 0. The lowest BCUT2D eigenvalue weighted by molar-refractivity contribution is -0.120. The van der Waals surface area contributed by atoms with Gasteiger partial charge in [-0.2, -0.15) is 0 Å². The molecule has 0 bridgehead atoms. The molecule has 0 unspecified atom stereocenters. The maximum Gasteiger partial charge on any atom is 0.219 e. The molecule has 3 nitrogen and oxygen atoms in total. The SMILES string of the molecule is CCC(=O)NC/C=C/CN. The second-order valence-electron chi connectivity index (χ2n) is 1.86. The molecule has 0 fully saturated rings. The fourth-order valence-corrected chi connectivity index (χ4v) is 0.477. The predicted molar refractivity (Wildman–Crippen MR) is 41.5 cm³/mol. The number of carbonyl (C=O) groups excluding carboxylic acids is 1. The van der Waals surface area contributed by atoms with Crippen molar-refractivity contribution in [2.45, 2.75) is 13.3 Å². The van der Waals surface area contributed by atoms with E-state index in [2.05, 4.69) is 5.32 Å². The average Bonchev–Trinajstić information content (AvgIpc) is 1.98. The molecule has 0 aromatic heterocycles. The van der Waals surface area contributed by atoms with Crippen LogP contribution >= 0.6 is 0 Å². The molecule has 3 heteroatoms. The van der Waals surface area contributed by atoms with Gasteiger partial charge in [0, 0.05) is 19.5 Å². The molecule has 0 heterocycles.